The molecule has 0 aliphatic heterocycles. The zero-order valence-corrected chi connectivity index (χ0v) is 15.4. The van der Waals surface area contributed by atoms with Gasteiger partial charge < -0.3 is 15.5 Å². The Labute approximate surface area is 162 Å². The molecule has 4 nitrogen and oxygen atoms in total. The molecule has 1 saturated carbocycles. The molecule has 1 aliphatic rings. The molecule has 3 rings (SSSR count). The smallest absolute Gasteiger partial charge is 0.222 e. The minimum atomic E-state index is -0.661. The lowest BCUT2D eigenvalue weighted by atomic mass is 10.0. The van der Waals surface area contributed by atoms with Crippen molar-refractivity contribution in [2.75, 3.05) is 6.54 Å². The van der Waals surface area contributed by atoms with E-state index >= 15 is 0 Å². The highest BCUT2D eigenvalue weighted by atomic mass is 19.1. The Morgan fingerprint density at radius 2 is 2.00 bits per heavy atom. The predicted octanol–water partition coefficient (Wildman–Crippen LogP) is 3.57. The number of carbonyl (C=O) groups excluding carboxylic acids is 1. The van der Waals surface area contributed by atoms with E-state index < -0.39 is 17.7 Å². The van der Waals surface area contributed by atoms with E-state index in [1.54, 1.807) is 30.3 Å². The minimum Gasteiger partial charge on any atom is -0.508 e. The molecule has 0 bridgehead atoms. The highest BCUT2D eigenvalue weighted by Gasteiger charge is 2.31. The number of phenols is 1. The van der Waals surface area contributed by atoms with E-state index in [1.165, 1.54) is 0 Å². The van der Waals surface area contributed by atoms with Crippen molar-refractivity contribution in [3.8, 4) is 5.75 Å². The zero-order valence-electron chi connectivity index (χ0n) is 15.4. The summed E-state index contributed by atoms with van der Waals surface area (Å²) in [6, 6.07) is 9.81. The van der Waals surface area contributed by atoms with Crippen LogP contribution in [0.3, 0.4) is 0 Å². The topological polar surface area (TPSA) is 69.6 Å². The first kappa shape index (κ1) is 20.0. The monoisotopic (exact) mass is 387 g/mol. The average molecular weight is 387 g/mol. The molecule has 148 valence electrons. The predicted molar refractivity (Wildman–Crippen MR) is 103 cm³/mol. The molecular weight excluding hydrogens is 364 g/mol. The van der Waals surface area contributed by atoms with Gasteiger partial charge in [-0.2, -0.15) is 0 Å². The lowest BCUT2D eigenvalue weighted by Gasteiger charge is -2.13. The quantitative estimate of drug-likeness (QED) is 0.649. The van der Waals surface area contributed by atoms with Gasteiger partial charge in [-0.15, -0.1) is 0 Å². The maximum atomic E-state index is 14.3. The molecule has 28 heavy (non-hydrogen) atoms. The maximum Gasteiger partial charge on any atom is 0.222 e. The Balaban J connectivity index is 1.74. The molecule has 1 unspecified atom stereocenters. The van der Waals surface area contributed by atoms with Gasteiger partial charge in [0.05, 0.1) is 12.5 Å². The van der Waals surface area contributed by atoms with Gasteiger partial charge in [-0.25, -0.2) is 8.78 Å². The molecule has 1 atom stereocenters. The molecule has 2 aromatic carbocycles. The summed E-state index contributed by atoms with van der Waals surface area (Å²) in [5.74, 6) is -1.19. The number of aliphatic hydroxyl groups is 1. The fraction of sp³-hybridized carbons (Fsp3) is 0.318. The van der Waals surface area contributed by atoms with Gasteiger partial charge in [-0.3, -0.25) is 4.79 Å². The van der Waals surface area contributed by atoms with Crippen molar-refractivity contribution >= 4 is 11.5 Å². The van der Waals surface area contributed by atoms with Crippen molar-refractivity contribution < 1.29 is 23.8 Å². The lowest BCUT2D eigenvalue weighted by Crippen LogP contribution is -2.29. The van der Waals surface area contributed by atoms with Crippen LogP contribution in [-0.2, 0) is 11.2 Å². The van der Waals surface area contributed by atoms with Crippen molar-refractivity contribution in [1.29, 1.82) is 0 Å². The second-order valence-electron chi connectivity index (χ2n) is 7.11. The van der Waals surface area contributed by atoms with Gasteiger partial charge in [0.25, 0.3) is 0 Å². The Morgan fingerprint density at radius 3 is 2.71 bits per heavy atom. The first-order valence-corrected chi connectivity index (χ1v) is 9.29. The van der Waals surface area contributed by atoms with Gasteiger partial charge in [0.15, 0.2) is 0 Å². The van der Waals surface area contributed by atoms with Crippen LogP contribution in [-0.4, -0.2) is 28.8 Å². The second-order valence-corrected chi connectivity index (χ2v) is 7.11. The normalized spacial score (nSPS) is 15.3. The largest absolute Gasteiger partial charge is 0.508 e. The number of halogens is 2. The van der Waals surface area contributed by atoms with Crippen LogP contribution >= 0.6 is 0 Å². The van der Waals surface area contributed by atoms with Crippen LogP contribution < -0.4 is 5.32 Å². The van der Waals surface area contributed by atoms with Crippen LogP contribution in [0, 0.1) is 17.6 Å². The number of hydrogen-bond donors (Lipinski definition) is 3. The number of nitrogens with one attached hydrogen (secondary N) is 1. The summed E-state index contributed by atoms with van der Waals surface area (Å²) in [5, 5.41) is 22.1. The Kier molecular flexibility index (Phi) is 6.41. The van der Waals surface area contributed by atoms with Crippen molar-refractivity contribution in [3.63, 3.8) is 0 Å². The van der Waals surface area contributed by atoms with Crippen molar-refractivity contribution in [2.24, 2.45) is 5.92 Å². The molecule has 0 spiro atoms. The number of hydrogen-bond acceptors (Lipinski definition) is 3. The standard InChI is InChI=1S/C22H23F2NO3/c23-17-8-9-20(24)19(11-17)16(5-4-14-2-1-3-18(26)10-14)13-25-22(28)12-21(27)15-6-7-15/h1-3,5,8-11,15,21,26-27H,4,6-7,12-13H2,(H,25,28)/b16-5+. The SMILES string of the molecule is O=C(CC(O)C1CC1)NC/C(=C\Cc1cccc(O)c1)c1cc(F)ccc1F. The first-order valence-electron chi connectivity index (χ1n) is 9.29. The third-order valence-corrected chi connectivity index (χ3v) is 4.81. The van der Waals surface area contributed by atoms with Crippen LogP contribution in [0.1, 0.15) is 30.4 Å². The number of phenolic OH excluding ortho intramolecular Hbond substituents is 1. The van der Waals surface area contributed by atoms with Gasteiger partial charge in [0.2, 0.25) is 5.91 Å². The van der Waals surface area contributed by atoms with Crippen molar-refractivity contribution in [2.45, 2.75) is 31.8 Å². The van der Waals surface area contributed by atoms with Gasteiger partial charge in [-0.05, 0) is 66.6 Å². The molecule has 0 saturated heterocycles. The lowest BCUT2D eigenvalue weighted by molar-refractivity contribution is -0.123. The second kappa shape index (κ2) is 8.97. The van der Waals surface area contributed by atoms with E-state index in [2.05, 4.69) is 5.32 Å². The molecule has 3 N–H and O–H groups in total. The molecule has 0 radical (unpaired) electrons. The zero-order chi connectivity index (χ0) is 20.1. The highest BCUT2D eigenvalue weighted by Crippen LogP contribution is 2.33. The van der Waals surface area contributed by atoms with Gasteiger partial charge >= 0.3 is 0 Å². The maximum absolute atomic E-state index is 14.3. The third kappa shape index (κ3) is 5.63. The number of rotatable bonds is 8. The van der Waals surface area contributed by atoms with Crippen LogP contribution in [0.5, 0.6) is 5.75 Å². The molecule has 1 aliphatic carbocycles. The fourth-order valence-corrected chi connectivity index (χ4v) is 3.05. The summed E-state index contributed by atoms with van der Waals surface area (Å²) < 4.78 is 27.9. The molecule has 1 fully saturated rings. The number of allylic oxidation sites excluding steroid dienone is 1. The van der Waals surface area contributed by atoms with Crippen molar-refractivity contribution in [3.05, 3.63) is 71.3 Å². The van der Waals surface area contributed by atoms with Crippen LogP contribution in [0.25, 0.3) is 5.57 Å². The molecule has 2 aromatic rings. The van der Waals surface area contributed by atoms with Crippen LogP contribution in [0.2, 0.25) is 0 Å². The number of carbonyl (C=O) groups is 1. The van der Waals surface area contributed by atoms with E-state index in [-0.39, 0.29) is 36.1 Å². The Morgan fingerprint density at radius 1 is 1.21 bits per heavy atom. The fourth-order valence-electron chi connectivity index (χ4n) is 3.05. The summed E-state index contributed by atoms with van der Waals surface area (Å²) in [5.41, 5.74) is 1.29. The average Bonchev–Trinajstić information content (AvgIpc) is 3.49. The number of benzene rings is 2. The number of aromatic hydroxyl groups is 1. The van der Waals surface area contributed by atoms with E-state index in [1.807, 2.05) is 0 Å². The summed E-state index contributed by atoms with van der Waals surface area (Å²) in [6.07, 6.45) is 3.27. The Bertz CT molecular complexity index is 878. The van der Waals surface area contributed by atoms with Crippen LogP contribution in [0.4, 0.5) is 8.78 Å². The van der Waals surface area contributed by atoms with Gasteiger partial charge in [0.1, 0.15) is 17.4 Å². The number of aliphatic hydroxyl groups excluding tert-OH is 1. The molecule has 1 amide bonds. The highest BCUT2D eigenvalue weighted by molar-refractivity contribution is 5.79. The van der Waals surface area contributed by atoms with Crippen LogP contribution in [0.15, 0.2) is 48.5 Å². The van der Waals surface area contributed by atoms with E-state index in [0.29, 0.717) is 12.0 Å². The first-order chi connectivity index (χ1) is 13.4. The summed E-state index contributed by atoms with van der Waals surface area (Å²) in [7, 11) is 0. The summed E-state index contributed by atoms with van der Waals surface area (Å²) >= 11 is 0. The van der Waals surface area contributed by atoms with E-state index in [4.69, 9.17) is 0 Å². The third-order valence-electron chi connectivity index (χ3n) is 4.81. The molecule has 0 heterocycles. The molecule has 0 aromatic heterocycles. The van der Waals surface area contributed by atoms with Gasteiger partial charge in [0, 0.05) is 12.1 Å². The van der Waals surface area contributed by atoms with Gasteiger partial charge in [-0.1, -0.05) is 18.2 Å². The van der Waals surface area contributed by atoms with E-state index in [9.17, 15) is 23.8 Å². The number of amides is 1. The summed E-state index contributed by atoms with van der Waals surface area (Å²) in [6.45, 7) is 0.00933. The van der Waals surface area contributed by atoms with E-state index in [0.717, 1.165) is 36.6 Å². The molecule has 6 heteroatoms. The Hall–Kier alpha value is -2.73. The summed E-state index contributed by atoms with van der Waals surface area (Å²) in [4.78, 5) is 12.1. The minimum absolute atomic E-state index is 0.00383. The van der Waals surface area contributed by atoms with Crippen molar-refractivity contribution in [1.82, 2.24) is 5.32 Å². The molecular formula is C22H23F2NO3.